The summed E-state index contributed by atoms with van der Waals surface area (Å²) in [5.74, 6) is 0. The Morgan fingerprint density at radius 1 is 1.50 bits per heavy atom. The standard InChI is InChI=1S/C8H4F3NO4/c9-8(10,11)5-1-2-6(4-13)7(3-5,16-6)12(14)15/h1-4H. The molecule has 0 N–H and O–H groups in total. The number of nitro groups is 1. The zero-order valence-electron chi connectivity index (χ0n) is 7.52. The molecule has 0 spiro atoms. The number of aldehydes is 1. The van der Waals surface area contributed by atoms with E-state index < -0.39 is 28.0 Å². The van der Waals surface area contributed by atoms with Crippen LogP contribution in [0.15, 0.2) is 23.8 Å². The topological polar surface area (TPSA) is 72.7 Å². The third-order valence-electron chi connectivity index (χ3n) is 2.48. The van der Waals surface area contributed by atoms with Crippen molar-refractivity contribution in [3.05, 3.63) is 33.9 Å². The molecule has 16 heavy (non-hydrogen) atoms. The van der Waals surface area contributed by atoms with Gasteiger partial charge in [0.15, 0.2) is 6.29 Å². The number of rotatable bonds is 2. The van der Waals surface area contributed by atoms with E-state index in [4.69, 9.17) is 0 Å². The number of hydrogen-bond donors (Lipinski definition) is 0. The minimum Gasteiger partial charge on any atom is -0.299 e. The van der Waals surface area contributed by atoms with Gasteiger partial charge in [-0.05, 0) is 6.08 Å². The molecule has 0 radical (unpaired) electrons. The highest BCUT2D eigenvalue weighted by Crippen LogP contribution is 2.53. The lowest BCUT2D eigenvalue weighted by atomic mass is 9.93. The fourth-order valence-electron chi connectivity index (χ4n) is 1.56. The summed E-state index contributed by atoms with van der Waals surface area (Å²) in [5, 5.41) is 10.6. The van der Waals surface area contributed by atoms with Gasteiger partial charge < -0.3 is 0 Å². The molecule has 2 unspecified atom stereocenters. The molecule has 0 saturated carbocycles. The molecular weight excluding hydrogens is 231 g/mol. The molecule has 5 nitrogen and oxygen atoms in total. The first kappa shape index (κ1) is 10.8. The number of carbonyl (C=O) groups is 1. The maximum absolute atomic E-state index is 12.3. The molecule has 86 valence electrons. The minimum atomic E-state index is -4.71. The molecule has 1 saturated heterocycles. The normalized spacial score (nSPS) is 36.3. The van der Waals surface area contributed by atoms with E-state index in [2.05, 4.69) is 4.74 Å². The Morgan fingerprint density at radius 3 is 2.56 bits per heavy atom. The van der Waals surface area contributed by atoms with Crippen molar-refractivity contribution in [2.24, 2.45) is 0 Å². The number of carbonyl (C=O) groups excluding carboxylic acids is 1. The Labute approximate surface area is 86.3 Å². The summed E-state index contributed by atoms with van der Waals surface area (Å²) < 4.78 is 41.5. The number of alkyl halides is 3. The monoisotopic (exact) mass is 235 g/mol. The molecule has 0 aromatic carbocycles. The van der Waals surface area contributed by atoms with Crippen LogP contribution in [-0.4, -0.2) is 28.7 Å². The Hall–Kier alpha value is -1.70. The summed E-state index contributed by atoms with van der Waals surface area (Å²) >= 11 is 0. The van der Waals surface area contributed by atoms with E-state index >= 15 is 0 Å². The lowest BCUT2D eigenvalue weighted by Gasteiger charge is -2.12. The molecule has 1 fully saturated rings. The molecule has 0 amide bonds. The Morgan fingerprint density at radius 2 is 2.12 bits per heavy atom. The summed E-state index contributed by atoms with van der Waals surface area (Å²) in [6, 6.07) is 0. The Bertz CT molecular complexity index is 441. The zero-order chi connectivity index (χ0) is 12.2. The first-order valence-corrected chi connectivity index (χ1v) is 4.08. The molecule has 1 aliphatic heterocycles. The summed E-state index contributed by atoms with van der Waals surface area (Å²) in [4.78, 5) is 20.2. The van der Waals surface area contributed by atoms with Crippen molar-refractivity contribution in [2.45, 2.75) is 17.5 Å². The van der Waals surface area contributed by atoms with Crippen molar-refractivity contribution in [3.8, 4) is 0 Å². The molecule has 2 rings (SSSR count). The SMILES string of the molecule is O=CC12C=CC(C(F)(F)F)=CC1([N+](=O)[O-])O2. The van der Waals surface area contributed by atoms with Gasteiger partial charge >= 0.3 is 11.9 Å². The van der Waals surface area contributed by atoms with Crippen LogP contribution in [-0.2, 0) is 9.53 Å². The second-order valence-corrected chi connectivity index (χ2v) is 3.40. The summed E-state index contributed by atoms with van der Waals surface area (Å²) in [7, 11) is 0. The predicted octanol–water partition coefficient (Wildman–Crippen LogP) is 0.986. The summed E-state index contributed by atoms with van der Waals surface area (Å²) in [6.07, 6.45) is -2.91. The van der Waals surface area contributed by atoms with Crippen LogP contribution in [0.25, 0.3) is 0 Å². The van der Waals surface area contributed by atoms with Crippen LogP contribution in [0.4, 0.5) is 13.2 Å². The molecule has 2 aliphatic rings. The van der Waals surface area contributed by atoms with Gasteiger partial charge in [0.1, 0.15) is 0 Å². The van der Waals surface area contributed by atoms with Crippen molar-refractivity contribution in [2.75, 3.05) is 0 Å². The summed E-state index contributed by atoms with van der Waals surface area (Å²) in [5.41, 5.74) is -5.47. The number of hydrogen-bond acceptors (Lipinski definition) is 4. The van der Waals surface area contributed by atoms with Gasteiger partial charge in [0.05, 0.1) is 10.5 Å². The predicted molar refractivity (Wildman–Crippen MR) is 42.9 cm³/mol. The maximum Gasteiger partial charge on any atom is 0.416 e. The lowest BCUT2D eigenvalue weighted by molar-refractivity contribution is -0.549. The smallest absolute Gasteiger partial charge is 0.299 e. The highest BCUT2D eigenvalue weighted by Gasteiger charge is 2.81. The molecule has 1 aliphatic carbocycles. The van der Waals surface area contributed by atoms with Crippen molar-refractivity contribution < 1.29 is 27.6 Å². The van der Waals surface area contributed by atoms with E-state index in [0.717, 1.165) is 6.08 Å². The average Bonchev–Trinajstić information content (AvgIpc) is 2.86. The van der Waals surface area contributed by atoms with Crippen molar-refractivity contribution in [1.29, 1.82) is 0 Å². The van der Waals surface area contributed by atoms with E-state index in [1.165, 1.54) is 0 Å². The van der Waals surface area contributed by atoms with Crippen LogP contribution in [0.1, 0.15) is 0 Å². The third-order valence-corrected chi connectivity index (χ3v) is 2.48. The van der Waals surface area contributed by atoms with Crippen molar-refractivity contribution in [1.82, 2.24) is 0 Å². The lowest BCUT2D eigenvalue weighted by Crippen LogP contribution is -2.35. The van der Waals surface area contributed by atoms with E-state index in [-0.39, 0.29) is 6.29 Å². The van der Waals surface area contributed by atoms with Gasteiger partial charge in [-0.15, -0.1) is 0 Å². The second-order valence-electron chi connectivity index (χ2n) is 3.40. The molecule has 0 aromatic rings. The third kappa shape index (κ3) is 1.13. The molecule has 2 atom stereocenters. The first-order chi connectivity index (χ1) is 7.27. The average molecular weight is 235 g/mol. The molecule has 0 aromatic heterocycles. The number of nitrogens with zero attached hydrogens (tertiary/aromatic N) is 1. The number of halogens is 3. The number of epoxide rings is 1. The maximum atomic E-state index is 12.3. The largest absolute Gasteiger partial charge is 0.416 e. The van der Waals surface area contributed by atoms with Crippen LogP contribution >= 0.6 is 0 Å². The molecular formula is C8H4F3NO4. The van der Waals surface area contributed by atoms with Crippen LogP contribution in [0.3, 0.4) is 0 Å². The first-order valence-electron chi connectivity index (χ1n) is 4.08. The molecule has 0 bridgehead atoms. The number of allylic oxidation sites excluding steroid dienone is 2. The van der Waals surface area contributed by atoms with Crippen LogP contribution in [0, 0.1) is 10.1 Å². The van der Waals surface area contributed by atoms with Gasteiger partial charge in [0.25, 0.3) is 0 Å². The second kappa shape index (κ2) is 2.70. The van der Waals surface area contributed by atoms with Gasteiger partial charge in [-0.1, -0.05) is 6.08 Å². The zero-order valence-corrected chi connectivity index (χ0v) is 7.52. The van der Waals surface area contributed by atoms with Gasteiger partial charge in [0, 0.05) is 6.08 Å². The van der Waals surface area contributed by atoms with E-state index in [1.807, 2.05) is 0 Å². The van der Waals surface area contributed by atoms with Crippen LogP contribution in [0.5, 0.6) is 0 Å². The fraction of sp³-hybridized carbons (Fsp3) is 0.375. The number of ether oxygens (including phenoxy) is 1. The highest BCUT2D eigenvalue weighted by atomic mass is 19.4. The highest BCUT2D eigenvalue weighted by molar-refractivity contribution is 5.76. The van der Waals surface area contributed by atoms with Crippen molar-refractivity contribution >= 4 is 6.29 Å². The number of fused-ring (bicyclic) bond motifs is 1. The fourth-order valence-corrected chi connectivity index (χ4v) is 1.56. The Balaban J connectivity index is 2.47. The van der Waals surface area contributed by atoms with E-state index in [1.54, 1.807) is 0 Å². The van der Waals surface area contributed by atoms with Gasteiger partial charge in [-0.25, -0.2) is 0 Å². The van der Waals surface area contributed by atoms with Gasteiger partial charge in [0.2, 0.25) is 5.60 Å². The van der Waals surface area contributed by atoms with Gasteiger partial charge in [-0.3, -0.25) is 19.6 Å². The van der Waals surface area contributed by atoms with Crippen LogP contribution in [0.2, 0.25) is 0 Å². The van der Waals surface area contributed by atoms with E-state index in [0.29, 0.717) is 12.2 Å². The Kier molecular flexibility index (Phi) is 1.82. The van der Waals surface area contributed by atoms with Crippen LogP contribution < -0.4 is 0 Å². The van der Waals surface area contributed by atoms with E-state index in [9.17, 15) is 28.1 Å². The quantitative estimate of drug-likeness (QED) is 0.309. The molecule has 1 heterocycles. The minimum absolute atomic E-state index is 0.121. The van der Waals surface area contributed by atoms with Gasteiger partial charge in [-0.2, -0.15) is 13.2 Å². The van der Waals surface area contributed by atoms with Crippen molar-refractivity contribution in [3.63, 3.8) is 0 Å². The summed E-state index contributed by atoms with van der Waals surface area (Å²) in [6.45, 7) is 0. The molecule has 8 heteroatoms.